The van der Waals surface area contributed by atoms with Crippen LogP contribution in [0.15, 0.2) is 30.5 Å². The lowest BCUT2D eigenvalue weighted by Crippen LogP contribution is -2.53. The smallest absolute Gasteiger partial charge is 0.490 e. The maximum absolute atomic E-state index is 13.1. The fraction of sp³-hybridized carbons (Fsp3) is 0.579. The van der Waals surface area contributed by atoms with Crippen molar-refractivity contribution in [1.29, 1.82) is 0 Å². The number of ether oxygens (including phenoxy) is 1. The van der Waals surface area contributed by atoms with E-state index >= 15 is 0 Å². The number of anilines is 1. The number of nitrogens with two attached hydrogens (primary N) is 1. The Balaban J connectivity index is 0.000000982. The molecule has 30 heteroatoms. The van der Waals surface area contributed by atoms with Gasteiger partial charge in [-0.2, -0.15) is 26.3 Å². The van der Waals surface area contributed by atoms with Crippen molar-refractivity contribution in [1.82, 2.24) is 29.7 Å². The molecule has 1 aromatic carbocycles. The third-order valence-corrected chi connectivity index (χ3v) is 9.72. The van der Waals surface area contributed by atoms with E-state index in [1.165, 1.54) is 4.90 Å². The van der Waals surface area contributed by atoms with Gasteiger partial charge in [0.15, 0.2) is 28.2 Å². The van der Waals surface area contributed by atoms with Crippen LogP contribution in [-0.4, -0.2) is 199 Å². The predicted molar refractivity (Wildman–Crippen MR) is 216 cm³/mol. The first kappa shape index (κ1) is 58.6. The number of rotatable bonds is 22. The Morgan fingerprint density at radius 2 is 1.38 bits per heavy atom. The molecule has 68 heavy (non-hydrogen) atoms. The Kier molecular flexibility index (Phi) is 22.6. The number of hydrogen-bond acceptors (Lipinski definition) is 19. The van der Waals surface area contributed by atoms with Crippen molar-refractivity contribution in [3.63, 3.8) is 0 Å². The first-order valence-electron chi connectivity index (χ1n) is 20.2. The number of aromatic amines is 1. The van der Waals surface area contributed by atoms with E-state index in [1.807, 2.05) is 30.5 Å². The van der Waals surface area contributed by atoms with Gasteiger partial charge in [-0.25, -0.2) is 23.9 Å². The molecule has 3 heterocycles. The zero-order valence-electron chi connectivity index (χ0n) is 36.1. The van der Waals surface area contributed by atoms with Crippen LogP contribution in [0.2, 0.25) is 0 Å². The molecule has 0 saturated carbocycles. The summed E-state index contributed by atoms with van der Waals surface area (Å²) in [5.74, 6) is -4.89. The van der Waals surface area contributed by atoms with Crippen LogP contribution in [0.1, 0.15) is 36.6 Å². The van der Waals surface area contributed by atoms with E-state index in [1.54, 1.807) is 18.3 Å². The second-order valence-corrected chi connectivity index (χ2v) is 14.6. The average molecular weight is 993 g/mol. The van der Waals surface area contributed by atoms with E-state index in [2.05, 4.69) is 24.8 Å². The van der Waals surface area contributed by atoms with Gasteiger partial charge < -0.3 is 86.8 Å². The van der Waals surface area contributed by atoms with Crippen molar-refractivity contribution in [2.45, 2.75) is 101 Å². The van der Waals surface area contributed by atoms with Crippen LogP contribution in [0.5, 0.6) is 5.75 Å². The number of aliphatic hydroxyl groups excluding tert-OH is 10. The maximum Gasteiger partial charge on any atom is 0.490 e. The van der Waals surface area contributed by atoms with E-state index in [9.17, 15) is 72.0 Å². The average Bonchev–Trinajstić information content (AvgIpc) is 3.87. The van der Waals surface area contributed by atoms with Gasteiger partial charge in [0.1, 0.15) is 60.4 Å². The number of aliphatic carboxylic acids is 2. The minimum atomic E-state index is -5.19. The monoisotopic (exact) mass is 992 g/mol. The molecule has 384 valence electrons. The number of carboxylic acids is 2. The third-order valence-electron chi connectivity index (χ3n) is 9.72. The van der Waals surface area contributed by atoms with E-state index in [4.69, 9.17) is 40.5 Å². The fourth-order valence-corrected chi connectivity index (χ4v) is 6.26. The number of amides is 1. The number of nitrogens with one attached hydrogen (secondary N) is 2. The molecular weight excluding hydrogens is 938 g/mol. The number of nitrogen functional groups attached to an aromatic ring is 1. The summed E-state index contributed by atoms with van der Waals surface area (Å²) in [6.45, 7) is 3.03. The molecule has 8 atom stereocenters. The molecule has 15 N–H and O–H groups in total. The molecule has 4 aromatic rings. The Labute approximate surface area is 380 Å². The van der Waals surface area contributed by atoms with Gasteiger partial charge >= 0.3 is 18.3 Å². The van der Waals surface area contributed by atoms with Crippen molar-refractivity contribution < 1.29 is 111 Å². The number of imidazole rings is 1. The number of benzene rings is 1. The van der Waals surface area contributed by atoms with Crippen molar-refractivity contribution in [3.8, 4) is 5.75 Å². The molecule has 8 unspecified atom stereocenters. The highest BCUT2D eigenvalue weighted by Gasteiger charge is 2.38. The predicted octanol–water partition coefficient (Wildman–Crippen LogP) is -4.37. The number of carbonyl (C=O) groups is 3. The van der Waals surface area contributed by atoms with Crippen LogP contribution < -0.4 is 25.5 Å². The minimum Gasteiger partial charge on any atom is -0.542 e. The van der Waals surface area contributed by atoms with Crippen LogP contribution in [0.3, 0.4) is 0 Å². The molecule has 4 rings (SSSR count). The summed E-state index contributed by atoms with van der Waals surface area (Å²) < 4.78 is 73.4. The highest BCUT2D eigenvalue weighted by Crippen LogP contribution is 2.23. The summed E-state index contributed by atoms with van der Waals surface area (Å²) in [4.78, 5) is 43.7. The number of aromatic nitrogens is 5. The standard InChI is InChI=1S/C34H52N8O12.2C2HF3O2/c1-3-41-20-7-6-18(12-21(20)42(4-2)26(41)13-37-34(53)27-32(35)39-33-19(38-27)8-9-36-33)54-11-5-10-40(14-22(45)28(49)30(51)24(47)16-43)15-23(46)29(50)31(52)25(48)17-44;2*3-2(4,5)1(6)7/h6-9,12,22-25,28-31,43-52H,3-5,10-11,13-17H2,1-2H3,(H3-,35,36,37,38,39,53);2*(H,6,7). The van der Waals surface area contributed by atoms with Crippen LogP contribution in [-0.2, 0) is 29.2 Å². The molecule has 0 aliphatic rings. The first-order chi connectivity index (χ1) is 31.6. The lowest BCUT2D eigenvalue weighted by molar-refractivity contribution is -0.676. The van der Waals surface area contributed by atoms with Crippen molar-refractivity contribution in [2.24, 2.45) is 0 Å². The van der Waals surface area contributed by atoms with E-state index in [-0.39, 0.29) is 50.7 Å². The van der Waals surface area contributed by atoms with Crippen LogP contribution in [0.4, 0.5) is 32.2 Å². The Hall–Kier alpha value is -5.54. The number of alkyl halides is 6. The van der Waals surface area contributed by atoms with E-state index in [0.29, 0.717) is 30.0 Å². The SMILES string of the molecule is CCn1c(CNC(=O)c2nc3cc[nH]c3nc2N)[n+](CC)c2cc(OCCCN(CC(O)C(O)C(O)C(O)CO)CC(O)C(O)C(O)C(O)CO)ccc21.O=C(O)C(F)(F)F.O=C([O-])C(F)(F)F. The lowest BCUT2D eigenvalue weighted by atomic mass is 10.0. The Bertz CT molecular complexity index is 2180. The quantitative estimate of drug-likeness (QED) is 0.0201. The van der Waals surface area contributed by atoms with Gasteiger partial charge in [-0.1, -0.05) is 0 Å². The largest absolute Gasteiger partial charge is 0.542 e. The van der Waals surface area contributed by atoms with Crippen LogP contribution in [0, 0.1) is 0 Å². The number of carbonyl (C=O) groups excluding carboxylic acids is 2. The van der Waals surface area contributed by atoms with Crippen molar-refractivity contribution >= 4 is 45.9 Å². The van der Waals surface area contributed by atoms with Crippen molar-refractivity contribution in [2.75, 3.05) is 45.2 Å². The van der Waals surface area contributed by atoms with E-state index in [0.717, 1.165) is 16.9 Å². The summed E-state index contributed by atoms with van der Waals surface area (Å²) >= 11 is 0. The number of carboxylic acid groups (broad SMARTS) is 2. The molecule has 0 aliphatic carbocycles. The topological polar surface area (TPSA) is 398 Å². The summed E-state index contributed by atoms with van der Waals surface area (Å²) in [5, 5.41) is 118. The highest BCUT2D eigenvalue weighted by atomic mass is 19.4. The first-order valence-corrected chi connectivity index (χ1v) is 20.2. The molecule has 0 fully saturated rings. The lowest BCUT2D eigenvalue weighted by Gasteiger charge is -2.33. The molecule has 0 spiro atoms. The van der Waals surface area contributed by atoms with Crippen LogP contribution in [0.25, 0.3) is 22.2 Å². The van der Waals surface area contributed by atoms with Gasteiger partial charge in [0, 0.05) is 31.9 Å². The molecule has 24 nitrogen and oxygen atoms in total. The highest BCUT2D eigenvalue weighted by molar-refractivity contribution is 5.98. The zero-order valence-corrected chi connectivity index (χ0v) is 36.1. The van der Waals surface area contributed by atoms with Crippen LogP contribution >= 0.6 is 0 Å². The molecule has 1 amide bonds. The summed E-state index contributed by atoms with van der Waals surface area (Å²) in [6.07, 6.45) is -22.7. The Morgan fingerprint density at radius 3 is 1.84 bits per heavy atom. The van der Waals surface area contributed by atoms with Crippen molar-refractivity contribution in [3.05, 3.63) is 42.0 Å². The summed E-state index contributed by atoms with van der Waals surface area (Å²) in [5.41, 5.74) is 8.77. The molecular formula is C38H54F6N8O16. The number of hydrogen-bond donors (Lipinski definition) is 14. The van der Waals surface area contributed by atoms with E-state index < -0.39 is 92.2 Å². The molecule has 0 aliphatic heterocycles. The number of nitrogens with zero attached hydrogens (tertiary/aromatic N) is 5. The second-order valence-electron chi connectivity index (χ2n) is 14.6. The van der Waals surface area contributed by atoms with Gasteiger partial charge in [-0.3, -0.25) is 9.69 Å². The number of halogens is 6. The van der Waals surface area contributed by atoms with Gasteiger partial charge in [0.25, 0.3) is 11.7 Å². The number of fused-ring (bicyclic) bond motifs is 2. The van der Waals surface area contributed by atoms with Gasteiger partial charge in [-0.15, -0.1) is 0 Å². The van der Waals surface area contributed by atoms with Gasteiger partial charge in [0.05, 0.1) is 45.1 Å². The number of aryl methyl sites for hydroxylation is 2. The number of H-pyrrole nitrogens is 1. The summed E-state index contributed by atoms with van der Waals surface area (Å²) in [7, 11) is 0. The third kappa shape index (κ3) is 16.6. The maximum atomic E-state index is 13.1. The molecule has 0 radical (unpaired) electrons. The molecule has 3 aromatic heterocycles. The zero-order chi connectivity index (χ0) is 51.8. The fourth-order valence-electron chi connectivity index (χ4n) is 6.26. The number of aliphatic hydroxyl groups is 10. The molecule has 0 saturated heterocycles. The Morgan fingerprint density at radius 1 is 0.868 bits per heavy atom. The van der Waals surface area contributed by atoms with Gasteiger partial charge in [0.2, 0.25) is 0 Å². The summed E-state index contributed by atoms with van der Waals surface area (Å²) in [6, 6.07) is 7.25. The molecule has 0 bridgehead atoms. The minimum absolute atomic E-state index is 0.00248. The second kappa shape index (κ2) is 26.3. The normalized spacial score (nSPS) is 15.5. The van der Waals surface area contributed by atoms with Gasteiger partial charge in [-0.05, 0) is 38.5 Å².